The van der Waals surface area contributed by atoms with Gasteiger partial charge in [0.25, 0.3) is 5.91 Å². The molecule has 0 aliphatic carbocycles. The van der Waals surface area contributed by atoms with Crippen LogP contribution in [0.15, 0.2) is 77.9 Å². The maximum absolute atomic E-state index is 12.3. The molecule has 3 aromatic rings. The molecule has 1 heterocycles. The van der Waals surface area contributed by atoms with E-state index in [1.807, 2.05) is 42.5 Å². The van der Waals surface area contributed by atoms with E-state index in [4.69, 9.17) is 9.47 Å². The van der Waals surface area contributed by atoms with Crippen molar-refractivity contribution >= 4 is 23.2 Å². The quantitative estimate of drug-likeness (QED) is 0.466. The maximum atomic E-state index is 12.3. The normalized spacial score (nSPS) is 12.4. The number of carbonyl (C=O) groups excluding carboxylic acids is 2. The molecule has 2 N–H and O–H groups in total. The van der Waals surface area contributed by atoms with E-state index in [9.17, 15) is 9.59 Å². The number of rotatable bonds is 6. The summed E-state index contributed by atoms with van der Waals surface area (Å²) in [5, 5.41) is 6.81. The minimum atomic E-state index is -0.338. The van der Waals surface area contributed by atoms with Crippen LogP contribution in [0.25, 0.3) is 11.1 Å². The molecule has 1 aliphatic heterocycles. The Morgan fingerprint density at radius 1 is 0.903 bits per heavy atom. The van der Waals surface area contributed by atoms with Crippen molar-refractivity contribution < 1.29 is 19.1 Å². The van der Waals surface area contributed by atoms with Crippen molar-refractivity contribution in [2.45, 2.75) is 13.3 Å². The van der Waals surface area contributed by atoms with Crippen LogP contribution in [0.5, 0.6) is 11.5 Å². The Labute approximate surface area is 179 Å². The molecule has 0 saturated carbocycles. The fourth-order valence-corrected chi connectivity index (χ4v) is 3.11. The van der Waals surface area contributed by atoms with Crippen LogP contribution in [-0.2, 0) is 4.79 Å². The number of benzene rings is 3. The van der Waals surface area contributed by atoms with Gasteiger partial charge in [-0.1, -0.05) is 42.5 Å². The van der Waals surface area contributed by atoms with Crippen molar-refractivity contribution in [2.24, 2.45) is 5.10 Å². The Bertz CT molecular complexity index is 1130. The zero-order valence-corrected chi connectivity index (χ0v) is 16.9. The molecule has 0 radical (unpaired) electrons. The zero-order valence-electron chi connectivity index (χ0n) is 16.9. The highest BCUT2D eigenvalue weighted by molar-refractivity contribution is 6.06. The number of hydrazone groups is 1. The maximum Gasteiger partial charge on any atom is 0.271 e. The highest BCUT2D eigenvalue weighted by Gasteiger charge is 2.14. The molecule has 0 saturated heterocycles. The third-order valence-electron chi connectivity index (χ3n) is 4.68. The first-order valence-corrected chi connectivity index (χ1v) is 9.77. The molecule has 31 heavy (non-hydrogen) atoms. The van der Waals surface area contributed by atoms with Crippen molar-refractivity contribution in [3.05, 3.63) is 78.4 Å². The summed E-state index contributed by atoms with van der Waals surface area (Å²) in [6.45, 7) is 1.85. The van der Waals surface area contributed by atoms with Crippen LogP contribution in [0.2, 0.25) is 0 Å². The summed E-state index contributed by atoms with van der Waals surface area (Å²) in [6, 6.07) is 22.4. The van der Waals surface area contributed by atoms with Crippen LogP contribution in [0.3, 0.4) is 0 Å². The first-order valence-electron chi connectivity index (χ1n) is 9.77. The van der Waals surface area contributed by atoms with E-state index >= 15 is 0 Å². The third kappa shape index (κ3) is 5.08. The summed E-state index contributed by atoms with van der Waals surface area (Å²) >= 11 is 0. The topological polar surface area (TPSA) is 89.0 Å². The highest BCUT2D eigenvalue weighted by Crippen LogP contribution is 2.34. The molecule has 0 unspecified atom stereocenters. The molecule has 0 aromatic heterocycles. The molecule has 0 atom stereocenters. The van der Waals surface area contributed by atoms with Crippen LogP contribution in [0, 0.1) is 0 Å². The molecule has 4 rings (SSSR count). The van der Waals surface area contributed by atoms with Crippen LogP contribution in [0.1, 0.15) is 23.7 Å². The van der Waals surface area contributed by atoms with Gasteiger partial charge in [0.2, 0.25) is 12.7 Å². The number of nitrogens with zero attached hydrogens (tertiary/aromatic N) is 1. The van der Waals surface area contributed by atoms with Gasteiger partial charge in [-0.25, -0.2) is 5.43 Å². The van der Waals surface area contributed by atoms with Crippen molar-refractivity contribution in [3.8, 4) is 22.6 Å². The molecule has 0 bridgehead atoms. The number of nitrogens with one attached hydrogen (secondary N) is 2. The van der Waals surface area contributed by atoms with Crippen molar-refractivity contribution in [2.75, 3.05) is 12.1 Å². The van der Waals surface area contributed by atoms with E-state index in [-0.39, 0.29) is 25.0 Å². The largest absolute Gasteiger partial charge is 0.454 e. The van der Waals surface area contributed by atoms with Gasteiger partial charge in [-0.15, -0.1) is 0 Å². The average Bonchev–Trinajstić information content (AvgIpc) is 3.26. The molecular weight excluding hydrogens is 394 g/mol. The van der Waals surface area contributed by atoms with Crippen LogP contribution in [0.4, 0.5) is 5.69 Å². The Morgan fingerprint density at radius 3 is 2.39 bits per heavy atom. The summed E-state index contributed by atoms with van der Waals surface area (Å²) in [5.74, 6) is 0.653. The number of hydrogen-bond acceptors (Lipinski definition) is 5. The van der Waals surface area contributed by atoms with E-state index < -0.39 is 0 Å². The first-order chi connectivity index (χ1) is 15.1. The molecule has 0 spiro atoms. The molecule has 2 amide bonds. The second-order valence-corrected chi connectivity index (χ2v) is 7.02. The number of anilines is 1. The lowest BCUT2D eigenvalue weighted by Crippen LogP contribution is -2.21. The van der Waals surface area contributed by atoms with Gasteiger partial charge in [0.1, 0.15) is 0 Å². The molecule has 1 aliphatic rings. The van der Waals surface area contributed by atoms with E-state index in [0.717, 1.165) is 11.1 Å². The molecular formula is C24H21N3O4. The fraction of sp³-hybridized carbons (Fsp3) is 0.125. The number of amides is 2. The summed E-state index contributed by atoms with van der Waals surface area (Å²) in [7, 11) is 0. The summed E-state index contributed by atoms with van der Waals surface area (Å²) in [6.07, 6.45) is 0.0433. The Morgan fingerprint density at radius 2 is 1.61 bits per heavy atom. The van der Waals surface area contributed by atoms with Crippen molar-refractivity contribution in [1.82, 2.24) is 5.43 Å². The van der Waals surface area contributed by atoms with Gasteiger partial charge in [0.15, 0.2) is 11.5 Å². The molecule has 156 valence electrons. The van der Waals surface area contributed by atoms with Crippen LogP contribution >= 0.6 is 0 Å². The number of hydrogen-bond donors (Lipinski definition) is 2. The van der Waals surface area contributed by atoms with Gasteiger partial charge < -0.3 is 14.8 Å². The van der Waals surface area contributed by atoms with E-state index in [1.54, 1.807) is 37.3 Å². The Hall–Kier alpha value is -4.13. The van der Waals surface area contributed by atoms with Gasteiger partial charge >= 0.3 is 0 Å². The lowest BCUT2D eigenvalue weighted by molar-refractivity contribution is -0.115. The Balaban J connectivity index is 1.30. The highest BCUT2D eigenvalue weighted by atomic mass is 16.7. The molecule has 3 aromatic carbocycles. The van der Waals surface area contributed by atoms with Gasteiger partial charge in [-0.05, 0) is 42.3 Å². The average molecular weight is 415 g/mol. The van der Waals surface area contributed by atoms with E-state index in [2.05, 4.69) is 15.8 Å². The summed E-state index contributed by atoms with van der Waals surface area (Å²) in [5.41, 5.74) is 6.17. The predicted molar refractivity (Wildman–Crippen MR) is 118 cm³/mol. The van der Waals surface area contributed by atoms with Crippen molar-refractivity contribution in [1.29, 1.82) is 0 Å². The summed E-state index contributed by atoms with van der Waals surface area (Å²) < 4.78 is 10.5. The SMILES string of the molecule is CC(CC(=O)Nc1ccc2c(c1)OCO2)=NNC(=O)c1ccc(-c2ccccc2)cc1. The number of carbonyl (C=O) groups is 2. The second kappa shape index (κ2) is 9.13. The number of ether oxygens (including phenoxy) is 2. The van der Waals surface area contributed by atoms with Crippen molar-refractivity contribution in [3.63, 3.8) is 0 Å². The minimum absolute atomic E-state index is 0.0433. The lowest BCUT2D eigenvalue weighted by Gasteiger charge is -2.07. The predicted octanol–water partition coefficient (Wildman–Crippen LogP) is 4.22. The molecule has 0 fully saturated rings. The zero-order chi connectivity index (χ0) is 21.6. The van der Waals surface area contributed by atoms with E-state index in [1.165, 1.54) is 0 Å². The second-order valence-electron chi connectivity index (χ2n) is 7.02. The first kappa shape index (κ1) is 20.2. The van der Waals surface area contributed by atoms with Gasteiger partial charge in [-0.2, -0.15) is 5.10 Å². The minimum Gasteiger partial charge on any atom is -0.454 e. The monoisotopic (exact) mass is 415 g/mol. The van der Waals surface area contributed by atoms with Gasteiger partial charge in [0, 0.05) is 23.0 Å². The van der Waals surface area contributed by atoms with Gasteiger partial charge in [-0.3, -0.25) is 9.59 Å². The third-order valence-corrected chi connectivity index (χ3v) is 4.68. The summed E-state index contributed by atoms with van der Waals surface area (Å²) in [4.78, 5) is 24.6. The standard InChI is InChI=1S/C24H21N3O4/c1-16(13-23(28)25-20-11-12-21-22(14-20)31-15-30-21)26-27-24(29)19-9-7-18(8-10-19)17-5-3-2-4-6-17/h2-12,14H,13,15H2,1H3,(H,25,28)(H,27,29). The van der Waals surface area contributed by atoms with E-state index in [0.29, 0.717) is 28.5 Å². The number of fused-ring (bicyclic) bond motifs is 1. The van der Waals surface area contributed by atoms with Gasteiger partial charge in [0.05, 0.1) is 6.42 Å². The lowest BCUT2D eigenvalue weighted by atomic mass is 10.0. The van der Waals surface area contributed by atoms with Crippen LogP contribution < -0.4 is 20.2 Å². The molecule has 7 heteroatoms. The molecule has 7 nitrogen and oxygen atoms in total. The fourth-order valence-electron chi connectivity index (χ4n) is 3.11. The smallest absolute Gasteiger partial charge is 0.271 e. The Kier molecular flexibility index (Phi) is 5.93. The van der Waals surface area contributed by atoms with Crippen LogP contribution in [-0.4, -0.2) is 24.3 Å².